The molecule has 46 valence electrons. The van der Waals surface area contributed by atoms with E-state index in [9.17, 15) is 0 Å². The monoisotopic (exact) mass is 261 g/mol. The fraction of sp³-hybridized carbons (Fsp3) is 0. The molecule has 6 heteroatoms. The van der Waals surface area contributed by atoms with Crippen molar-refractivity contribution in [2.24, 2.45) is 0 Å². The molecule has 0 aromatic heterocycles. The zero-order chi connectivity index (χ0) is 0. The van der Waals surface area contributed by atoms with Gasteiger partial charge in [-0.25, -0.2) is 0 Å². The van der Waals surface area contributed by atoms with E-state index in [1.165, 1.54) is 0 Å². The average molecular weight is 263 g/mol. The van der Waals surface area contributed by atoms with Gasteiger partial charge < -0.3 is 55.8 Å². The van der Waals surface area contributed by atoms with Gasteiger partial charge in [0.2, 0.25) is 0 Å². The third kappa shape index (κ3) is 42.5. The Morgan fingerprint density at radius 2 is 0.500 bits per heavy atom. The summed E-state index contributed by atoms with van der Waals surface area (Å²) in [5.74, 6) is 0. The van der Waals surface area contributed by atoms with Gasteiger partial charge in [0.1, 0.15) is 0 Å². The van der Waals surface area contributed by atoms with Gasteiger partial charge in [0.25, 0.3) is 0 Å². The van der Waals surface area contributed by atoms with Crippen LogP contribution in [0.2, 0.25) is 0 Å². The van der Waals surface area contributed by atoms with Gasteiger partial charge in [-0.1, -0.05) is 0 Å². The van der Waals surface area contributed by atoms with Crippen LogP contribution in [0.5, 0.6) is 0 Å². The summed E-state index contributed by atoms with van der Waals surface area (Å²) in [6.07, 6.45) is 0. The van der Waals surface area contributed by atoms with Crippen molar-refractivity contribution in [1.29, 1.82) is 0 Å². The smallest absolute Gasteiger partial charge is 1.00 e. The van der Waals surface area contributed by atoms with Gasteiger partial charge in [-0.15, -0.1) is 0 Å². The van der Waals surface area contributed by atoms with Crippen molar-refractivity contribution in [1.82, 2.24) is 6.15 Å². The van der Waals surface area contributed by atoms with Crippen LogP contribution in [0.3, 0.4) is 0 Å². The van der Waals surface area contributed by atoms with Crippen molar-refractivity contribution in [3.05, 3.63) is 0 Å². The standard InChI is InChI=1S/4ClH.H3N.Rh/h4*1H;1H3;/q;;;;;+3/p-3. The summed E-state index contributed by atoms with van der Waals surface area (Å²) in [5, 5.41) is 0. The second-order valence-corrected chi connectivity index (χ2v) is 0. The maximum Gasteiger partial charge on any atom is 3.00 e. The number of halogens is 4. The van der Waals surface area contributed by atoms with Crippen LogP contribution in [0.4, 0.5) is 0 Å². The first-order valence-corrected chi connectivity index (χ1v) is 0. The van der Waals surface area contributed by atoms with E-state index in [-0.39, 0.29) is 75.3 Å². The molecule has 0 amide bonds. The molecule has 1 nitrogen and oxygen atoms in total. The van der Waals surface area contributed by atoms with E-state index in [0.29, 0.717) is 0 Å². The molecule has 0 atom stereocenters. The van der Waals surface area contributed by atoms with Crippen LogP contribution in [0, 0.1) is 0 Å². The normalized spacial score (nSPS) is 0. The Labute approximate surface area is 75.0 Å². The Kier molecular flexibility index (Phi) is 1410. The van der Waals surface area contributed by atoms with E-state index in [1.807, 2.05) is 0 Å². The van der Waals surface area contributed by atoms with Gasteiger partial charge in [0.05, 0.1) is 0 Å². The Morgan fingerprint density at radius 3 is 0.500 bits per heavy atom. The minimum atomic E-state index is 0. The number of hydrogen-bond acceptors (Lipinski definition) is 0. The Morgan fingerprint density at radius 1 is 0.500 bits per heavy atom. The molecule has 0 spiro atoms. The Hall–Kier alpha value is 1.74. The zero-order valence-corrected chi connectivity index (χ0v) is 7.51. The van der Waals surface area contributed by atoms with Crippen molar-refractivity contribution in [3.63, 3.8) is 0 Å². The van der Waals surface area contributed by atoms with E-state index in [2.05, 4.69) is 0 Å². The van der Waals surface area contributed by atoms with Gasteiger partial charge in [0.15, 0.2) is 0 Å². The van der Waals surface area contributed by atoms with Gasteiger partial charge in [-0.05, 0) is 0 Å². The number of hydrogen-bond donors (Lipinski definition) is 1. The van der Waals surface area contributed by atoms with Crippen LogP contribution in [0.1, 0.15) is 0 Å². The Bertz CT molecular complexity index is 7.51. The van der Waals surface area contributed by atoms with Crippen LogP contribution >= 0.6 is 0 Å². The molecular weight excluding hydrogens is 259 g/mol. The molecule has 0 rings (SSSR count). The van der Waals surface area contributed by atoms with Crippen LogP contribution < -0.4 is 55.8 Å². The largest absolute Gasteiger partial charge is 3.00 e. The Balaban J connectivity index is 0. The van der Waals surface area contributed by atoms with Gasteiger partial charge in [-0.3, -0.25) is 0 Å². The first-order valence-electron chi connectivity index (χ1n) is 0. The minimum Gasteiger partial charge on any atom is -1.00 e. The van der Waals surface area contributed by atoms with Crippen molar-refractivity contribution in [2.45, 2.75) is 0 Å². The quantitative estimate of drug-likeness (QED) is 0.421. The average Bonchev–Trinajstić information content (AvgIpc) is 0. The fourth-order valence-corrected chi connectivity index (χ4v) is 0. The molecule has 0 aliphatic heterocycles. The SMILES string of the molecule is [Cl-].[Cl-].[Cl-].[Cl-].[NH4+].[Rh+3]. The van der Waals surface area contributed by atoms with Gasteiger partial charge >= 0.3 is 19.5 Å². The molecule has 0 aliphatic carbocycles. The molecular formula is H4Cl4NRh. The van der Waals surface area contributed by atoms with Crippen LogP contribution in [-0.4, -0.2) is 0 Å². The first-order chi connectivity index (χ1) is 0. The maximum atomic E-state index is 0. The van der Waals surface area contributed by atoms with Crippen molar-refractivity contribution < 1.29 is 69.1 Å². The van der Waals surface area contributed by atoms with E-state index in [4.69, 9.17) is 0 Å². The number of rotatable bonds is 0. The minimum absolute atomic E-state index is 0. The molecule has 0 aromatic carbocycles. The van der Waals surface area contributed by atoms with Crippen LogP contribution in [0.25, 0.3) is 0 Å². The summed E-state index contributed by atoms with van der Waals surface area (Å²) in [7, 11) is 0. The van der Waals surface area contributed by atoms with E-state index in [1.54, 1.807) is 0 Å². The van der Waals surface area contributed by atoms with Crippen molar-refractivity contribution in [2.75, 3.05) is 0 Å². The van der Waals surface area contributed by atoms with Gasteiger partial charge in [0, 0.05) is 0 Å². The molecule has 0 fully saturated rings. The summed E-state index contributed by atoms with van der Waals surface area (Å²) >= 11 is 0. The third-order valence-electron chi connectivity index (χ3n) is 0. The molecule has 0 unspecified atom stereocenters. The fourth-order valence-electron chi connectivity index (χ4n) is 0. The summed E-state index contributed by atoms with van der Waals surface area (Å²) in [4.78, 5) is 0. The molecule has 0 aliphatic rings. The molecule has 0 saturated heterocycles. The topological polar surface area (TPSA) is 36.5 Å². The molecule has 6 heavy (non-hydrogen) atoms. The molecule has 0 aromatic rings. The second-order valence-electron chi connectivity index (χ2n) is 0. The summed E-state index contributed by atoms with van der Waals surface area (Å²) in [6.45, 7) is 0. The predicted molar refractivity (Wildman–Crippen MR) is 5.98 cm³/mol. The molecule has 0 bridgehead atoms. The van der Waals surface area contributed by atoms with E-state index in [0.717, 1.165) is 0 Å². The third-order valence-corrected chi connectivity index (χ3v) is 0. The summed E-state index contributed by atoms with van der Waals surface area (Å²) in [5.41, 5.74) is 0. The molecule has 0 heterocycles. The van der Waals surface area contributed by atoms with E-state index < -0.39 is 0 Å². The molecule has 4 N–H and O–H groups in total. The molecule has 0 radical (unpaired) electrons. The first kappa shape index (κ1) is 116. The van der Waals surface area contributed by atoms with Crippen LogP contribution in [0.15, 0.2) is 0 Å². The van der Waals surface area contributed by atoms with Gasteiger partial charge in [-0.2, -0.15) is 0 Å². The molecule has 0 saturated carbocycles. The van der Waals surface area contributed by atoms with E-state index >= 15 is 0 Å². The maximum absolute atomic E-state index is 0. The summed E-state index contributed by atoms with van der Waals surface area (Å²) < 4.78 is 0. The zero-order valence-electron chi connectivity index (χ0n) is 2.85. The van der Waals surface area contributed by atoms with Crippen molar-refractivity contribution in [3.8, 4) is 0 Å². The predicted octanol–water partition coefficient (Wildman–Crippen LogP) is -11.6. The second kappa shape index (κ2) is 73.2. The summed E-state index contributed by atoms with van der Waals surface area (Å²) in [6, 6.07) is 0. The van der Waals surface area contributed by atoms with Crippen LogP contribution in [-0.2, 0) is 19.5 Å². The van der Waals surface area contributed by atoms with Crippen molar-refractivity contribution >= 4 is 0 Å². The number of quaternary nitrogens is 1.